The Morgan fingerprint density at radius 3 is 2.96 bits per heavy atom. The lowest BCUT2D eigenvalue weighted by molar-refractivity contribution is 0.0127. The van der Waals surface area contributed by atoms with E-state index < -0.39 is 0 Å². The summed E-state index contributed by atoms with van der Waals surface area (Å²) in [6.45, 7) is 6.12. The van der Waals surface area contributed by atoms with Gasteiger partial charge in [0.1, 0.15) is 0 Å². The predicted molar refractivity (Wildman–Crippen MR) is 93.1 cm³/mol. The van der Waals surface area contributed by atoms with Crippen molar-refractivity contribution in [1.29, 1.82) is 0 Å². The molecule has 0 spiro atoms. The Morgan fingerprint density at radius 1 is 1.28 bits per heavy atom. The van der Waals surface area contributed by atoms with Crippen LogP contribution in [0.3, 0.4) is 0 Å². The topological polar surface area (TPSA) is 52.7 Å². The number of hydrogen-bond donors (Lipinski definition) is 0. The van der Waals surface area contributed by atoms with E-state index >= 15 is 0 Å². The van der Waals surface area contributed by atoms with Crippen LogP contribution >= 0.6 is 0 Å². The molecule has 0 unspecified atom stereocenters. The van der Waals surface area contributed by atoms with Gasteiger partial charge < -0.3 is 18.5 Å². The number of furan rings is 1. The molecule has 2 aromatic rings. The number of ether oxygens (including phenoxy) is 2. The van der Waals surface area contributed by atoms with Gasteiger partial charge in [-0.2, -0.15) is 0 Å². The summed E-state index contributed by atoms with van der Waals surface area (Å²) in [5, 5.41) is 0. The summed E-state index contributed by atoms with van der Waals surface area (Å²) in [6, 6.07) is 2.03. The van der Waals surface area contributed by atoms with Crippen LogP contribution in [-0.4, -0.2) is 47.4 Å². The van der Waals surface area contributed by atoms with E-state index in [0.29, 0.717) is 11.8 Å². The fourth-order valence-corrected chi connectivity index (χ4v) is 3.99. The molecule has 0 amide bonds. The summed E-state index contributed by atoms with van der Waals surface area (Å²) in [7, 11) is 2.09. The van der Waals surface area contributed by atoms with Gasteiger partial charge in [0.05, 0.1) is 31.2 Å². The van der Waals surface area contributed by atoms with Crippen LogP contribution in [0.5, 0.6) is 0 Å². The lowest BCUT2D eigenvalue weighted by atomic mass is 9.98. The third kappa shape index (κ3) is 3.97. The van der Waals surface area contributed by atoms with Crippen molar-refractivity contribution in [3.63, 3.8) is 0 Å². The third-order valence-electron chi connectivity index (χ3n) is 5.30. The van der Waals surface area contributed by atoms with E-state index in [1.165, 1.54) is 17.0 Å². The molecule has 136 valence electrons. The first-order valence-electron chi connectivity index (χ1n) is 9.18. The van der Waals surface area contributed by atoms with Crippen LogP contribution in [0.1, 0.15) is 35.7 Å². The number of rotatable bonds is 6. The minimum absolute atomic E-state index is 0.364. The van der Waals surface area contributed by atoms with E-state index in [9.17, 15) is 0 Å². The molecule has 1 fully saturated rings. The van der Waals surface area contributed by atoms with E-state index in [-0.39, 0.29) is 0 Å². The number of aromatic nitrogens is 2. The molecular formula is C19H27N3O3. The highest BCUT2D eigenvalue weighted by Gasteiger charge is 2.29. The van der Waals surface area contributed by atoms with Crippen molar-refractivity contribution in [2.24, 2.45) is 13.0 Å². The first-order chi connectivity index (χ1) is 12.3. The van der Waals surface area contributed by atoms with Crippen LogP contribution in [0.2, 0.25) is 0 Å². The van der Waals surface area contributed by atoms with Crippen LogP contribution < -0.4 is 0 Å². The van der Waals surface area contributed by atoms with Crippen LogP contribution in [0.4, 0.5) is 0 Å². The molecule has 6 heteroatoms. The molecule has 2 aliphatic rings. The molecule has 0 aliphatic carbocycles. The van der Waals surface area contributed by atoms with Crippen molar-refractivity contribution in [3.05, 3.63) is 41.9 Å². The standard InChI is InChI=1S/C19H27N3O3/c1-21-14-20-18-10-22(8-16-4-7-24-12-16)9-17(19(18)21)13-25-11-15-2-5-23-6-3-15/h4,7,12,14-15,17H,2-3,5-6,8-11,13H2,1H3/t17-/m0/s1. The van der Waals surface area contributed by atoms with E-state index in [0.717, 1.165) is 58.9 Å². The maximum Gasteiger partial charge on any atom is 0.0949 e. The minimum atomic E-state index is 0.364. The molecule has 4 heterocycles. The second-order valence-electron chi connectivity index (χ2n) is 7.28. The fourth-order valence-electron chi connectivity index (χ4n) is 3.99. The van der Waals surface area contributed by atoms with Gasteiger partial charge in [0.2, 0.25) is 0 Å². The van der Waals surface area contributed by atoms with E-state index in [2.05, 4.69) is 21.5 Å². The zero-order chi connectivity index (χ0) is 17.1. The molecule has 0 N–H and O–H groups in total. The molecule has 6 nitrogen and oxygen atoms in total. The SMILES string of the molecule is Cn1cnc2c1[C@H](COCC1CCOCC1)CN(Cc1ccoc1)C2. The predicted octanol–water partition coefficient (Wildman–Crippen LogP) is 2.56. The number of hydrogen-bond acceptors (Lipinski definition) is 5. The summed E-state index contributed by atoms with van der Waals surface area (Å²) < 4.78 is 18.9. The molecule has 2 aromatic heterocycles. The highest BCUT2D eigenvalue weighted by atomic mass is 16.5. The number of imidazole rings is 1. The van der Waals surface area contributed by atoms with Crippen molar-refractivity contribution >= 4 is 0 Å². The van der Waals surface area contributed by atoms with Gasteiger partial charge in [-0.1, -0.05) is 0 Å². The lowest BCUT2D eigenvalue weighted by Gasteiger charge is -2.33. The Balaban J connectivity index is 1.38. The summed E-state index contributed by atoms with van der Waals surface area (Å²) in [5.74, 6) is 1.01. The average molecular weight is 345 g/mol. The quantitative estimate of drug-likeness (QED) is 0.805. The number of fused-ring (bicyclic) bond motifs is 1. The summed E-state index contributed by atoms with van der Waals surface area (Å²) >= 11 is 0. The molecule has 2 aliphatic heterocycles. The monoisotopic (exact) mass is 345 g/mol. The highest BCUT2D eigenvalue weighted by Crippen LogP contribution is 2.29. The Hall–Kier alpha value is -1.63. The molecule has 1 atom stereocenters. The number of nitrogens with zero attached hydrogens (tertiary/aromatic N) is 3. The first kappa shape index (κ1) is 16.8. The van der Waals surface area contributed by atoms with E-state index in [1.807, 2.05) is 18.7 Å². The highest BCUT2D eigenvalue weighted by molar-refractivity contribution is 5.22. The van der Waals surface area contributed by atoms with Crippen molar-refractivity contribution in [1.82, 2.24) is 14.5 Å². The number of aryl methyl sites for hydroxylation is 1. The summed E-state index contributed by atoms with van der Waals surface area (Å²) in [6.07, 6.45) is 7.73. The molecule has 0 aromatic carbocycles. The molecule has 1 saturated heterocycles. The first-order valence-corrected chi connectivity index (χ1v) is 9.18. The second-order valence-corrected chi connectivity index (χ2v) is 7.28. The normalized spacial score (nSPS) is 22.2. The van der Waals surface area contributed by atoms with Crippen molar-refractivity contribution in [2.75, 3.05) is 33.0 Å². The Kier molecular flexibility index (Phi) is 5.20. The van der Waals surface area contributed by atoms with E-state index in [1.54, 1.807) is 6.26 Å². The Labute approximate surface area is 148 Å². The van der Waals surface area contributed by atoms with Gasteiger partial charge in [-0.15, -0.1) is 0 Å². The minimum Gasteiger partial charge on any atom is -0.472 e. The van der Waals surface area contributed by atoms with Gasteiger partial charge >= 0.3 is 0 Å². The van der Waals surface area contributed by atoms with Gasteiger partial charge in [0, 0.05) is 63.7 Å². The molecule has 0 saturated carbocycles. The second kappa shape index (κ2) is 7.72. The fraction of sp³-hybridized carbons (Fsp3) is 0.632. The Morgan fingerprint density at radius 2 is 2.16 bits per heavy atom. The van der Waals surface area contributed by atoms with Gasteiger partial charge in [0.25, 0.3) is 0 Å². The molecule has 4 rings (SSSR count). The van der Waals surface area contributed by atoms with Crippen LogP contribution in [0.15, 0.2) is 29.3 Å². The van der Waals surface area contributed by atoms with Crippen LogP contribution in [-0.2, 0) is 29.6 Å². The third-order valence-corrected chi connectivity index (χ3v) is 5.30. The van der Waals surface area contributed by atoms with Crippen LogP contribution in [0.25, 0.3) is 0 Å². The molecular weight excluding hydrogens is 318 g/mol. The zero-order valence-corrected chi connectivity index (χ0v) is 14.9. The van der Waals surface area contributed by atoms with Crippen molar-refractivity contribution < 1.29 is 13.9 Å². The van der Waals surface area contributed by atoms with Gasteiger partial charge in [-0.25, -0.2) is 4.98 Å². The average Bonchev–Trinajstić information content (AvgIpc) is 3.26. The Bertz CT molecular complexity index is 662. The molecule has 0 bridgehead atoms. The van der Waals surface area contributed by atoms with Crippen molar-refractivity contribution in [2.45, 2.75) is 31.8 Å². The molecule has 25 heavy (non-hydrogen) atoms. The lowest BCUT2D eigenvalue weighted by Crippen LogP contribution is -2.36. The van der Waals surface area contributed by atoms with Gasteiger partial charge in [0.15, 0.2) is 0 Å². The maximum absolute atomic E-state index is 6.14. The van der Waals surface area contributed by atoms with Crippen molar-refractivity contribution in [3.8, 4) is 0 Å². The van der Waals surface area contributed by atoms with Crippen LogP contribution in [0, 0.1) is 5.92 Å². The largest absolute Gasteiger partial charge is 0.472 e. The zero-order valence-electron chi connectivity index (χ0n) is 14.9. The van der Waals surface area contributed by atoms with Gasteiger partial charge in [-0.3, -0.25) is 4.90 Å². The summed E-state index contributed by atoms with van der Waals surface area (Å²) in [4.78, 5) is 7.04. The molecule has 0 radical (unpaired) electrons. The summed E-state index contributed by atoms with van der Waals surface area (Å²) in [5.41, 5.74) is 3.72. The van der Waals surface area contributed by atoms with E-state index in [4.69, 9.17) is 13.9 Å². The smallest absolute Gasteiger partial charge is 0.0949 e. The van der Waals surface area contributed by atoms with Gasteiger partial charge in [-0.05, 0) is 24.8 Å². The maximum atomic E-state index is 6.14.